The van der Waals surface area contributed by atoms with E-state index in [1.54, 1.807) is 67.8 Å². The zero-order chi connectivity index (χ0) is 52.0. The Hall–Kier alpha value is -6.15. The molecule has 7 atom stereocenters. The number of carbonyl (C=O) groups is 6. The van der Waals surface area contributed by atoms with Crippen LogP contribution in [0.3, 0.4) is 0 Å². The number of likely N-dealkylation sites (tertiary alicyclic amines) is 1. The van der Waals surface area contributed by atoms with Gasteiger partial charge in [-0.15, -0.1) is 23.7 Å². The molecule has 0 spiro atoms. The molecule has 73 heavy (non-hydrogen) atoms. The topological polar surface area (TPSA) is 243 Å². The lowest BCUT2D eigenvalue weighted by atomic mass is 9.85. The summed E-state index contributed by atoms with van der Waals surface area (Å²) in [6.45, 7) is 9.20. The highest BCUT2D eigenvalue weighted by Crippen LogP contribution is 2.39. The molecule has 4 heterocycles. The highest BCUT2D eigenvalue weighted by Gasteiger charge is 2.46. The van der Waals surface area contributed by atoms with Crippen molar-refractivity contribution < 1.29 is 43.0 Å². The third kappa shape index (κ3) is 13.3. The van der Waals surface area contributed by atoms with Gasteiger partial charge in [0.15, 0.2) is 0 Å². The van der Waals surface area contributed by atoms with Crippen molar-refractivity contribution in [1.82, 2.24) is 25.8 Å². The molecule has 6 amide bonds. The number of thiazole rings is 1. The molecule has 0 unspecified atom stereocenters. The van der Waals surface area contributed by atoms with Crippen molar-refractivity contribution in [3.63, 3.8) is 0 Å². The fraction of sp³-hybridized carbons (Fsp3) is 0.491. The zero-order valence-corrected chi connectivity index (χ0v) is 44.0. The minimum atomic E-state index is -1.09. The number of aliphatic hydroxyl groups excluding tert-OH is 1. The van der Waals surface area contributed by atoms with E-state index in [-0.39, 0.29) is 63.0 Å². The highest BCUT2D eigenvalue weighted by molar-refractivity contribution is 7.13. The largest absolute Gasteiger partial charge is 0.450 e. The standard InChI is InChI=1S/C53H68FN9O8S.ClH/c1-30(32-16-18-35(19-17-32)46-31(2)57-29-72-46)58-48(66)41-26-38(64)28-62(41)51(69)47(53(3,4)5)60-52(70)71-24-8-7-11-33-12-10-15-40(44(33)54)61(6)27-37(21-23-43(56)65)59-49(67)42-25-36-14-9-13-34-20-22-39(55)50(68)63(42)45(34)36;/h9-10,12-19,29-30,37-39,41-42,47,64H,7-8,11,20-28,55H2,1-6H3,(H2,56,65)(H,58,66)(H,59,67)(H,60,70);1H/t30-,37-,38+,39-,41-,42-,47+;/m0./s1. The Kier molecular flexibility index (Phi) is 18.7. The maximum Gasteiger partial charge on any atom is 0.407 e. The summed E-state index contributed by atoms with van der Waals surface area (Å²) in [5.74, 6) is -2.67. The number of aliphatic hydroxyl groups is 1. The van der Waals surface area contributed by atoms with Crippen molar-refractivity contribution in [1.29, 1.82) is 0 Å². The summed E-state index contributed by atoms with van der Waals surface area (Å²) in [4.78, 5) is 90.3. The number of ether oxygens (including phenoxy) is 1. The SMILES string of the molecule is Cc1ncsc1-c1ccc([C@H](C)NC(=O)[C@@H]2C[C@@H](O)CN2C(=O)[C@@H](NC(=O)OCCCCc2cccc(N(C)C[C@H](CCC(N)=O)NC(=O)[C@@H]3Cc4cccc5c4N3C(=O)[C@@H](N)CC5)c2F)C(C)(C)C)cc1.Cl. The van der Waals surface area contributed by atoms with Crippen molar-refractivity contribution in [3.05, 3.63) is 99.9 Å². The Morgan fingerprint density at radius 1 is 0.986 bits per heavy atom. The molecule has 0 aliphatic carbocycles. The fourth-order valence-electron chi connectivity index (χ4n) is 9.93. The van der Waals surface area contributed by atoms with E-state index in [2.05, 4.69) is 20.9 Å². The number of halogens is 2. The molecular formula is C53H69ClFN9O8S. The second kappa shape index (κ2) is 24.3. The van der Waals surface area contributed by atoms with Gasteiger partial charge in [-0.25, -0.2) is 14.2 Å². The number of nitrogens with one attached hydrogen (secondary N) is 3. The normalized spacial score (nSPS) is 19.4. The van der Waals surface area contributed by atoms with E-state index >= 15 is 4.39 Å². The van der Waals surface area contributed by atoms with E-state index in [4.69, 9.17) is 16.2 Å². The summed E-state index contributed by atoms with van der Waals surface area (Å²) < 4.78 is 21.7. The average molecular weight is 1050 g/mol. The van der Waals surface area contributed by atoms with Gasteiger partial charge in [0.2, 0.25) is 29.5 Å². The Bertz CT molecular complexity index is 2650. The van der Waals surface area contributed by atoms with Crippen LogP contribution in [0.4, 0.5) is 20.6 Å². The van der Waals surface area contributed by atoms with E-state index in [9.17, 15) is 33.9 Å². The van der Waals surface area contributed by atoms with Crippen molar-refractivity contribution in [2.45, 2.75) is 135 Å². The van der Waals surface area contributed by atoms with E-state index in [0.29, 0.717) is 44.1 Å². The van der Waals surface area contributed by atoms with Crippen LogP contribution in [-0.4, -0.2) is 114 Å². The molecule has 8 N–H and O–H groups in total. The molecule has 394 valence electrons. The van der Waals surface area contributed by atoms with Gasteiger partial charge in [0.05, 0.1) is 52.3 Å². The summed E-state index contributed by atoms with van der Waals surface area (Å²) in [5.41, 5.74) is 18.9. The van der Waals surface area contributed by atoms with Gasteiger partial charge in [-0.3, -0.25) is 28.9 Å². The molecule has 1 saturated heterocycles. The quantitative estimate of drug-likeness (QED) is 0.0650. The first kappa shape index (κ1) is 56.2. The number of primary amides is 1. The number of hydrogen-bond donors (Lipinski definition) is 6. The minimum absolute atomic E-state index is 0. The molecule has 3 aliphatic heterocycles. The smallest absolute Gasteiger partial charge is 0.407 e. The molecule has 17 nitrogen and oxygen atoms in total. The lowest BCUT2D eigenvalue weighted by Gasteiger charge is -2.35. The lowest BCUT2D eigenvalue weighted by molar-refractivity contribution is -0.142. The number of para-hydroxylation sites is 1. The number of β-amino-alcohol motifs (C(OH)–C–C–N with tert-alkyl or cyclic N) is 1. The van der Waals surface area contributed by atoms with E-state index in [1.165, 1.54) is 9.80 Å². The second-order valence-electron chi connectivity index (χ2n) is 20.4. The fourth-order valence-corrected chi connectivity index (χ4v) is 10.7. The number of anilines is 2. The number of nitrogens with zero attached hydrogens (tertiary/aromatic N) is 4. The summed E-state index contributed by atoms with van der Waals surface area (Å²) in [7, 11) is 1.69. The molecule has 0 radical (unpaired) electrons. The predicted octanol–water partition coefficient (Wildman–Crippen LogP) is 5.40. The average Bonchev–Trinajstić information content (AvgIpc) is 4.05. The van der Waals surface area contributed by atoms with Gasteiger partial charge in [0, 0.05) is 45.4 Å². The summed E-state index contributed by atoms with van der Waals surface area (Å²) in [6, 6.07) is 14.0. The highest BCUT2D eigenvalue weighted by atomic mass is 35.5. The van der Waals surface area contributed by atoms with Gasteiger partial charge in [-0.1, -0.05) is 75.4 Å². The van der Waals surface area contributed by atoms with Crippen LogP contribution in [0.2, 0.25) is 0 Å². The number of amides is 6. The van der Waals surface area contributed by atoms with E-state index in [1.807, 2.05) is 56.3 Å². The molecule has 0 saturated carbocycles. The Labute approximate surface area is 436 Å². The molecule has 7 rings (SSSR count). The van der Waals surface area contributed by atoms with Crippen LogP contribution < -0.4 is 37.2 Å². The van der Waals surface area contributed by atoms with Crippen LogP contribution in [0, 0.1) is 18.2 Å². The lowest BCUT2D eigenvalue weighted by Crippen LogP contribution is -2.58. The van der Waals surface area contributed by atoms with Crippen LogP contribution in [0.25, 0.3) is 10.4 Å². The number of aryl methyl sites for hydroxylation is 3. The maximum absolute atomic E-state index is 16.2. The number of rotatable bonds is 19. The van der Waals surface area contributed by atoms with E-state index < -0.39 is 83.3 Å². The number of hydrogen-bond acceptors (Lipinski definition) is 12. The molecule has 0 bridgehead atoms. The molecule has 1 fully saturated rings. The summed E-state index contributed by atoms with van der Waals surface area (Å²) in [6.07, 6.45) is 0.999. The van der Waals surface area contributed by atoms with Gasteiger partial charge in [0.1, 0.15) is 23.9 Å². The van der Waals surface area contributed by atoms with Gasteiger partial charge in [0.25, 0.3) is 0 Å². The molecule has 3 aromatic carbocycles. The van der Waals surface area contributed by atoms with Gasteiger partial charge >= 0.3 is 6.09 Å². The molecule has 3 aliphatic rings. The first-order valence-corrected chi connectivity index (χ1v) is 25.6. The number of likely N-dealkylation sites (N-methyl/N-ethyl adjacent to an activating group) is 1. The zero-order valence-electron chi connectivity index (χ0n) is 42.3. The third-order valence-corrected chi connectivity index (χ3v) is 14.9. The van der Waals surface area contributed by atoms with Crippen LogP contribution in [0.5, 0.6) is 0 Å². The number of benzene rings is 3. The van der Waals surface area contributed by atoms with Gasteiger partial charge < -0.3 is 47.1 Å². The maximum atomic E-state index is 16.2. The molecule has 1 aromatic heterocycles. The van der Waals surface area contributed by atoms with Crippen LogP contribution in [0.1, 0.15) is 100 Å². The number of carbonyl (C=O) groups excluding carboxylic acids is 6. The minimum Gasteiger partial charge on any atom is -0.450 e. The molecular weight excluding hydrogens is 977 g/mol. The predicted molar refractivity (Wildman–Crippen MR) is 281 cm³/mol. The molecule has 20 heteroatoms. The van der Waals surface area contributed by atoms with Crippen molar-refractivity contribution in [2.75, 3.05) is 36.5 Å². The molecule has 4 aromatic rings. The first-order chi connectivity index (χ1) is 34.2. The monoisotopic (exact) mass is 1050 g/mol. The van der Waals surface area contributed by atoms with Crippen molar-refractivity contribution in [2.24, 2.45) is 16.9 Å². The summed E-state index contributed by atoms with van der Waals surface area (Å²) in [5, 5.41) is 19.4. The number of nitrogens with two attached hydrogens (primary N) is 2. The van der Waals surface area contributed by atoms with Crippen LogP contribution in [-0.2, 0) is 48.0 Å². The van der Waals surface area contributed by atoms with Crippen LogP contribution >= 0.6 is 23.7 Å². The Morgan fingerprint density at radius 3 is 2.37 bits per heavy atom. The Balaban J connectivity index is 0.00000869. The first-order valence-electron chi connectivity index (χ1n) is 24.7. The van der Waals surface area contributed by atoms with Gasteiger partial charge in [-0.05, 0) is 91.7 Å². The number of unbranched alkanes of at least 4 members (excludes halogenated alkanes) is 1. The third-order valence-electron chi connectivity index (χ3n) is 13.9. The van der Waals surface area contributed by atoms with Crippen LogP contribution in [0.15, 0.2) is 66.2 Å². The number of aromatic nitrogens is 1. The van der Waals surface area contributed by atoms with E-state index in [0.717, 1.165) is 38.5 Å². The Morgan fingerprint density at radius 2 is 1.68 bits per heavy atom. The number of alkyl carbamates (subject to hydrolysis) is 1. The summed E-state index contributed by atoms with van der Waals surface area (Å²) >= 11 is 1.56. The van der Waals surface area contributed by atoms with Crippen molar-refractivity contribution in [3.8, 4) is 10.4 Å². The second-order valence-corrected chi connectivity index (χ2v) is 21.2. The van der Waals surface area contributed by atoms with Gasteiger partial charge in [-0.2, -0.15) is 0 Å². The van der Waals surface area contributed by atoms with Crippen molar-refractivity contribution >= 4 is 70.7 Å².